The summed E-state index contributed by atoms with van der Waals surface area (Å²) in [5.74, 6) is -0.104. The van der Waals surface area contributed by atoms with Crippen molar-refractivity contribution in [1.29, 1.82) is 0 Å². The largest absolute Gasteiger partial charge is 0.388 e. The highest BCUT2D eigenvalue weighted by molar-refractivity contribution is 9.10. The van der Waals surface area contributed by atoms with Gasteiger partial charge in [-0.3, -0.25) is 0 Å². The zero-order valence-corrected chi connectivity index (χ0v) is 13.4. The quantitative estimate of drug-likeness (QED) is 0.892. The molecule has 2 unspecified atom stereocenters. The van der Waals surface area contributed by atoms with Gasteiger partial charge in [-0.25, -0.2) is 0 Å². The Morgan fingerprint density at radius 3 is 2.50 bits per heavy atom. The Bertz CT molecular complexity index is 597. The lowest BCUT2D eigenvalue weighted by Gasteiger charge is -2.24. The number of aliphatic hydroxyl groups is 1. The van der Waals surface area contributed by atoms with Crippen LogP contribution < -0.4 is 5.73 Å². The first kappa shape index (κ1) is 15.2. The summed E-state index contributed by atoms with van der Waals surface area (Å²) in [6, 6.07) is 14.0. The van der Waals surface area contributed by atoms with Crippen molar-refractivity contribution in [2.24, 2.45) is 5.73 Å². The molecule has 0 aliphatic carbocycles. The van der Waals surface area contributed by atoms with Gasteiger partial charge < -0.3 is 10.8 Å². The highest BCUT2D eigenvalue weighted by atomic mass is 79.9. The van der Waals surface area contributed by atoms with Gasteiger partial charge in [0.1, 0.15) is 0 Å². The number of benzene rings is 2. The summed E-state index contributed by atoms with van der Waals surface area (Å²) in [5, 5.41) is 10.7. The maximum absolute atomic E-state index is 10.7. The molecule has 3 N–H and O–H groups in total. The number of aliphatic hydroxyl groups excluding tert-OH is 1. The van der Waals surface area contributed by atoms with Crippen molar-refractivity contribution in [3.63, 3.8) is 0 Å². The molecule has 2 aromatic carbocycles. The predicted molar refractivity (Wildman–Crippen MR) is 86.8 cm³/mol. The van der Waals surface area contributed by atoms with Gasteiger partial charge >= 0.3 is 0 Å². The Balaban J connectivity index is 2.39. The van der Waals surface area contributed by atoms with Crippen LogP contribution in [-0.4, -0.2) is 11.7 Å². The minimum Gasteiger partial charge on any atom is -0.388 e. The van der Waals surface area contributed by atoms with E-state index in [-0.39, 0.29) is 5.92 Å². The van der Waals surface area contributed by atoms with Crippen LogP contribution in [0.25, 0.3) is 0 Å². The highest BCUT2D eigenvalue weighted by Crippen LogP contribution is 2.33. The maximum atomic E-state index is 10.7. The van der Waals surface area contributed by atoms with E-state index in [1.807, 2.05) is 43.3 Å². The highest BCUT2D eigenvalue weighted by Gasteiger charge is 2.23. The van der Waals surface area contributed by atoms with E-state index in [2.05, 4.69) is 28.9 Å². The molecule has 2 aromatic rings. The van der Waals surface area contributed by atoms with Crippen LogP contribution in [-0.2, 0) is 0 Å². The standard InChI is InChI=1S/C17H20BrNO/c1-11-5-3-8-15(12(11)2)17(20)16(10-19)13-6-4-7-14(18)9-13/h3-9,16-17,20H,10,19H2,1-2H3. The van der Waals surface area contributed by atoms with Gasteiger partial charge in [-0.2, -0.15) is 0 Å². The summed E-state index contributed by atoms with van der Waals surface area (Å²) in [6.07, 6.45) is -0.589. The zero-order chi connectivity index (χ0) is 14.7. The lowest BCUT2D eigenvalue weighted by Crippen LogP contribution is -2.21. The number of aryl methyl sites for hydroxylation is 1. The predicted octanol–water partition coefficient (Wildman–Crippen LogP) is 3.84. The molecular formula is C17H20BrNO. The second-order valence-corrected chi connectivity index (χ2v) is 6.05. The summed E-state index contributed by atoms with van der Waals surface area (Å²) >= 11 is 3.47. The van der Waals surface area contributed by atoms with Gasteiger partial charge in [-0.15, -0.1) is 0 Å². The summed E-state index contributed by atoms with van der Waals surface area (Å²) < 4.78 is 1.00. The van der Waals surface area contributed by atoms with E-state index in [1.54, 1.807) is 0 Å². The van der Waals surface area contributed by atoms with E-state index in [0.717, 1.165) is 21.2 Å². The van der Waals surface area contributed by atoms with Gasteiger partial charge in [-0.1, -0.05) is 46.3 Å². The molecule has 2 nitrogen and oxygen atoms in total. The number of rotatable bonds is 4. The van der Waals surface area contributed by atoms with Crippen LogP contribution in [0.5, 0.6) is 0 Å². The fourth-order valence-corrected chi connectivity index (χ4v) is 2.91. The summed E-state index contributed by atoms with van der Waals surface area (Å²) in [4.78, 5) is 0. The molecular weight excluding hydrogens is 314 g/mol. The van der Waals surface area contributed by atoms with Crippen LogP contribution in [0.4, 0.5) is 0 Å². The Hall–Kier alpha value is -1.16. The normalized spacial score (nSPS) is 14.1. The van der Waals surface area contributed by atoms with Gasteiger partial charge in [0.2, 0.25) is 0 Å². The Morgan fingerprint density at radius 1 is 1.15 bits per heavy atom. The lowest BCUT2D eigenvalue weighted by molar-refractivity contribution is 0.146. The fraction of sp³-hybridized carbons (Fsp3) is 0.294. The van der Waals surface area contributed by atoms with Crippen molar-refractivity contribution in [3.05, 3.63) is 69.2 Å². The van der Waals surface area contributed by atoms with E-state index in [4.69, 9.17) is 5.73 Å². The van der Waals surface area contributed by atoms with Gasteiger partial charge in [-0.05, 0) is 48.2 Å². The monoisotopic (exact) mass is 333 g/mol. The molecule has 2 rings (SSSR count). The molecule has 0 amide bonds. The van der Waals surface area contributed by atoms with Crippen LogP contribution in [0.1, 0.15) is 34.3 Å². The first-order chi connectivity index (χ1) is 9.54. The van der Waals surface area contributed by atoms with E-state index in [0.29, 0.717) is 6.54 Å². The molecule has 0 saturated carbocycles. The number of halogens is 1. The average molecular weight is 334 g/mol. The van der Waals surface area contributed by atoms with Crippen LogP contribution in [0.3, 0.4) is 0 Å². The van der Waals surface area contributed by atoms with Crippen molar-refractivity contribution >= 4 is 15.9 Å². The van der Waals surface area contributed by atoms with Crippen molar-refractivity contribution < 1.29 is 5.11 Å². The van der Waals surface area contributed by atoms with Crippen LogP contribution in [0, 0.1) is 13.8 Å². The van der Waals surface area contributed by atoms with E-state index in [1.165, 1.54) is 5.56 Å². The Labute approximate surface area is 128 Å². The minimum atomic E-state index is -0.589. The molecule has 0 fully saturated rings. The summed E-state index contributed by atoms with van der Waals surface area (Å²) in [7, 11) is 0. The molecule has 0 saturated heterocycles. The molecule has 0 bridgehead atoms. The first-order valence-electron chi connectivity index (χ1n) is 6.74. The molecule has 20 heavy (non-hydrogen) atoms. The number of nitrogens with two attached hydrogens (primary N) is 1. The molecule has 0 aliphatic heterocycles. The Kier molecular flexibility index (Phi) is 4.97. The van der Waals surface area contributed by atoms with Crippen molar-refractivity contribution in [3.8, 4) is 0 Å². The van der Waals surface area contributed by atoms with E-state index < -0.39 is 6.10 Å². The second-order valence-electron chi connectivity index (χ2n) is 5.13. The molecule has 0 spiro atoms. The van der Waals surface area contributed by atoms with Crippen LogP contribution in [0.15, 0.2) is 46.9 Å². The Morgan fingerprint density at radius 2 is 1.85 bits per heavy atom. The summed E-state index contributed by atoms with van der Waals surface area (Å²) in [6.45, 7) is 4.51. The number of hydrogen-bond donors (Lipinski definition) is 2. The van der Waals surface area contributed by atoms with Crippen LogP contribution >= 0.6 is 15.9 Å². The third-order valence-corrected chi connectivity index (χ3v) is 4.37. The first-order valence-corrected chi connectivity index (χ1v) is 7.53. The molecule has 0 heterocycles. The topological polar surface area (TPSA) is 46.2 Å². The second kappa shape index (κ2) is 6.53. The van der Waals surface area contributed by atoms with Crippen molar-refractivity contribution in [1.82, 2.24) is 0 Å². The molecule has 0 aromatic heterocycles. The van der Waals surface area contributed by atoms with Gasteiger partial charge in [0.05, 0.1) is 6.10 Å². The molecule has 3 heteroatoms. The van der Waals surface area contributed by atoms with E-state index in [9.17, 15) is 5.11 Å². The fourth-order valence-electron chi connectivity index (χ4n) is 2.50. The molecule has 0 radical (unpaired) electrons. The third kappa shape index (κ3) is 3.11. The molecule has 2 atom stereocenters. The van der Waals surface area contributed by atoms with Gasteiger partial charge in [0.25, 0.3) is 0 Å². The number of hydrogen-bond acceptors (Lipinski definition) is 2. The third-order valence-electron chi connectivity index (χ3n) is 3.88. The SMILES string of the molecule is Cc1cccc(C(O)C(CN)c2cccc(Br)c2)c1C. The average Bonchev–Trinajstić information content (AvgIpc) is 2.42. The van der Waals surface area contributed by atoms with Gasteiger partial charge in [0.15, 0.2) is 0 Å². The zero-order valence-electron chi connectivity index (χ0n) is 11.8. The van der Waals surface area contributed by atoms with Crippen molar-refractivity contribution in [2.45, 2.75) is 25.9 Å². The van der Waals surface area contributed by atoms with Crippen LogP contribution in [0.2, 0.25) is 0 Å². The lowest BCUT2D eigenvalue weighted by atomic mass is 9.86. The van der Waals surface area contributed by atoms with Gasteiger partial charge in [0, 0.05) is 16.9 Å². The summed E-state index contributed by atoms with van der Waals surface area (Å²) in [5.41, 5.74) is 10.2. The maximum Gasteiger partial charge on any atom is 0.0873 e. The minimum absolute atomic E-state index is 0.104. The smallest absolute Gasteiger partial charge is 0.0873 e. The molecule has 0 aliphatic rings. The molecule has 106 valence electrons. The van der Waals surface area contributed by atoms with Crippen molar-refractivity contribution in [2.75, 3.05) is 6.54 Å². The van der Waals surface area contributed by atoms with E-state index >= 15 is 0 Å².